The summed E-state index contributed by atoms with van der Waals surface area (Å²) >= 11 is 0. The number of nitrogens with one attached hydrogen (secondary N) is 2. The molecule has 0 aromatic rings. The molecule has 1 aliphatic heterocycles. The standard InChI is InChI=1S/C16H26N2O3/c19-14(13-12-6-4-5-11(12)9-17-13)18-10-16(15(20)21)7-2-1-3-8-16/h11-13,17H,1-10H2,(H,18,19)(H,20,21). The van der Waals surface area contributed by atoms with Gasteiger partial charge in [-0.05, 0) is 44.1 Å². The van der Waals surface area contributed by atoms with E-state index < -0.39 is 11.4 Å². The second-order valence-electron chi connectivity index (χ2n) is 7.10. The Labute approximate surface area is 125 Å². The third-order valence-corrected chi connectivity index (χ3v) is 5.89. The minimum atomic E-state index is -0.749. The molecule has 3 unspecified atom stereocenters. The Hall–Kier alpha value is -1.10. The molecule has 1 heterocycles. The molecule has 0 radical (unpaired) electrons. The van der Waals surface area contributed by atoms with Crippen molar-refractivity contribution in [1.82, 2.24) is 10.6 Å². The van der Waals surface area contributed by atoms with E-state index in [0.29, 0.717) is 24.7 Å². The van der Waals surface area contributed by atoms with E-state index >= 15 is 0 Å². The van der Waals surface area contributed by atoms with E-state index in [1.54, 1.807) is 0 Å². The fraction of sp³-hybridized carbons (Fsp3) is 0.875. The highest BCUT2D eigenvalue weighted by atomic mass is 16.4. The minimum absolute atomic E-state index is 0.00981. The first-order valence-electron chi connectivity index (χ1n) is 8.37. The maximum absolute atomic E-state index is 12.4. The van der Waals surface area contributed by atoms with Gasteiger partial charge in [0, 0.05) is 6.54 Å². The van der Waals surface area contributed by atoms with Crippen LogP contribution in [0.5, 0.6) is 0 Å². The van der Waals surface area contributed by atoms with Gasteiger partial charge in [0.25, 0.3) is 0 Å². The highest BCUT2D eigenvalue weighted by molar-refractivity contribution is 5.83. The van der Waals surface area contributed by atoms with Crippen molar-refractivity contribution in [1.29, 1.82) is 0 Å². The molecule has 3 rings (SSSR count). The zero-order chi connectivity index (χ0) is 14.9. The van der Waals surface area contributed by atoms with Gasteiger partial charge in [0.1, 0.15) is 0 Å². The Morgan fingerprint density at radius 2 is 1.90 bits per heavy atom. The molecule has 3 atom stereocenters. The zero-order valence-corrected chi connectivity index (χ0v) is 12.6. The van der Waals surface area contributed by atoms with E-state index in [1.165, 1.54) is 12.8 Å². The van der Waals surface area contributed by atoms with Gasteiger partial charge < -0.3 is 15.7 Å². The minimum Gasteiger partial charge on any atom is -0.481 e. The van der Waals surface area contributed by atoms with Gasteiger partial charge in [-0.15, -0.1) is 0 Å². The van der Waals surface area contributed by atoms with Crippen molar-refractivity contribution in [2.75, 3.05) is 13.1 Å². The molecule has 5 nitrogen and oxygen atoms in total. The van der Waals surface area contributed by atoms with Crippen molar-refractivity contribution >= 4 is 11.9 Å². The van der Waals surface area contributed by atoms with Crippen LogP contribution in [-0.4, -0.2) is 36.1 Å². The predicted molar refractivity (Wildman–Crippen MR) is 78.8 cm³/mol. The normalized spacial score (nSPS) is 34.4. The molecule has 0 aromatic heterocycles. The highest BCUT2D eigenvalue weighted by Crippen LogP contribution is 2.38. The smallest absolute Gasteiger partial charge is 0.311 e. The van der Waals surface area contributed by atoms with Crippen LogP contribution < -0.4 is 10.6 Å². The van der Waals surface area contributed by atoms with Gasteiger partial charge in [-0.25, -0.2) is 0 Å². The van der Waals surface area contributed by atoms with E-state index in [4.69, 9.17) is 0 Å². The lowest BCUT2D eigenvalue weighted by atomic mass is 9.74. The molecule has 3 fully saturated rings. The van der Waals surface area contributed by atoms with Crippen LogP contribution in [0.4, 0.5) is 0 Å². The molecule has 0 aromatic carbocycles. The molecular weight excluding hydrogens is 268 g/mol. The maximum atomic E-state index is 12.4. The number of amides is 1. The van der Waals surface area contributed by atoms with Crippen molar-refractivity contribution in [2.24, 2.45) is 17.3 Å². The number of fused-ring (bicyclic) bond motifs is 1. The fourth-order valence-corrected chi connectivity index (χ4v) is 4.54. The van der Waals surface area contributed by atoms with Crippen molar-refractivity contribution in [3.8, 4) is 0 Å². The Morgan fingerprint density at radius 1 is 1.14 bits per heavy atom. The topological polar surface area (TPSA) is 78.4 Å². The SMILES string of the molecule is O=C(NCC1(C(=O)O)CCCCC1)C1NCC2CCCC21. The van der Waals surface area contributed by atoms with Gasteiger partial charge in [-0.3, -0.25) is 9.59 Å². The molecule has 0 bridgehead atoms. The fourth-order valence-electron chi connectivity index (χ4n) is 4.54. The largest absolute Gasteiger partial charge is 0.481 e. The van der Waals surface area contributed by atoms with Gasteiger partial charge in [0.05, 0.1) is 11.5 Å². The number of carbonyl (C=O) groups excluding carboxylic acids is 1. The first-order chi connectivity index (χ1) is 10.1. The number of hydrogen-bond donors (Lipinski definition) is 3. The first kappa shape index (κ1) is 14.8. The molecule has 3 N–H and O–H groups in total. The molecule has 21 heavy (non-hydrogen) atoms. The Kier molecular flexibility index (Phi) is 4.20. The van der Waals surface area contributed by atoms with Crippen LogP contribution in [-0.2, 0) is 9.59 Å². The third kappa shape index (κ3) is 2.80. The van der Waals surface area contributed by atoms with Crippen LogP contribution >= 0.6 is 0 Å². The van der Waals surface area contributed by atoms with Gasteiger partial charge in [0.2, 0.25) is 5.91 Å². The Morgan fingerprint density at radius 3 is 2.62 bits per heavy atom. The molecule has 0 spiro atoms. The summed E-state index contributed by atoms with van der Waals surface area (Å²) in [4.78, 5) is 24.1. The molecule has 1 saturated heterocycles. The van der Waals surface area contributed by atoms with Gasteiger partial charge in [0.15, 0.2) is 0 Å². The molecule has 2 aliphatic carbocycles. The monoisotopic (exact) mass is 294 g/mol. The van der Waals surface area contributed by atoms with Crippen LogP contribution in [0, 0.1) is 17.3 Å². The third-order valence-electron chi connectivity index (χ3n) is 5.89. The lowest BCUT2D eigenvalue weighted by Crippen LogP contribution is -2.50. The summed E-state index contributed by atoms with van der Waals surface area (Å²) in [6.07, 6.45) is 7.96. The van der Waals surface area contributed by atoms with Crippen molar-refractivity contribution in [3.05, 3.63) is 0 Å². The number of hydrogen-bond acceptors (Lipinski definition) is 3. The van der Waals surface area contributed by atoms with Crippen LogP contribution in [0.15, 0.2) is 0 Å². The zero-order valence-electron chi connectivity index (χ0n) is 12.6. The average Bonchev–Trinajstić information content (AvgIpc) is 3.08. The quantitative estimate of drug-likeness (QED) is 0.734. The number of aliphatic carboxylic acids is 1. The molecular formula is C16H26N2O3. The number of carboxylic acids is 1. The number of carbonyl (C=O) groups is 2. The second-order valence-corrected chi connectivity index (χ2v) is 7.10. The highest BCUT2D eigenvalue weighted by Gasteiger charge is 2.44. The van der Waals surface area contributed by atoms with Gasteiger partial charge in [-0.2, -0.15) is 0 Å². The van der Waals surface area contributed by atoms with Crippen molar-refractivity contribution in [2.45, 2.75) is 57.4 Å². The maximum Gasteiger partial charge on any atom is 0.311 e. The lowest BCUT2D eigenvalue weighted by molar-refractivity contribution is -0.151. The van der Waals surface area contributed by atoms with E-state index in [0.717, 1.165) is 32.2 Å². The predicted octanol–water partition coefficient (Wildman–Crippen LogP) is 1.53. The Bertz CT molecular complexity index is 418. The summed E-state index contributed by atoms with van der Waals surface area (Å²) in [6, 6.07) is -0.105. The van der Waals surface area contributed by atoms with Crippen LogP contribution in [0.25, 0.3) is 0 Å². The number of rotatable bonds is 4. The van der Waals surface area contributed by atoms with Crippen LogP contribution in [0.1, 0.15) is 51.4 Å². The van der Waals surface area contributed by atoms with E-state index in [2.05, 4.69) is 10.6 Å². The van der Waals surface area contributed by atoms with Crippen LogP contribution in [0.3, 0.4) is 0 Å². The number of carboxylic acid groups (broad SMARTS) is 1. The summed E-state index contributed by atoms with van der Waals surface area (Å²) in [6.45, 7) is 1.23. The molecule has 118 valence electrons. The van der Waals surface area contributed by atoms with E-state index in [1.807, 2.05) is 0 Å². The lowest BCUT2D eigenvalue weighted by Gasteiger charge is -2.33. The first-order valence-corrected chi connectivity index (χ1v) is 8.37. The second kappa shape index (κ2) is 5.95. The molecule has 3 aliphatic rings. The summed E-state index contributed by atoms with van der Waals surface area (Å²) in [5.41, 5.74) is -0.735. The van der Waals surface area contributed by atoms with E-state index in [9.17, 15) is 14.7 Å². The molecule has 5 heteroatoms. The van der Waals surface area contributed by atoms with Gasteiger partial charge >= 0.3 is 5.97 Å². The summed E-state index contributed by atoms with van der Waals surface area (Å²) < 4.78 is 0. The Balaban J connectivity index is 1.58. The average molecular weight is 294 g/mol. The summed E-state index contributed by atoms with van der Waals surface area (Å²) in [5.74, 6) is 0.359. The van der Waals surface area contributed by atoms with Crippen molar-refractivity contribution < 1.29 is 14.7 Å². The molecule has 1 amide bonds. The summed E-state index contributed by atoms with van der Waals surface area (Å²) in [5, 5.41) is 15.8. The summed E-state index contributed by atoms with van der Waals surface area (Å²) in [7, 11) is 0. The van der Waals surface area contributed by atoms with Crippen molar-refractivity contribution in [3.63, 3.8) is 0 Å². The van der Waals surface area contributed by atoms with Gasteiger partial charge in [-0.1, -0.05) is 25.7 Å². The van der Waals surface area contributed by atoms with E-state index in [-0.39, 0.29) is 18.5 Å². The van der Waals surface area contributed by atoms with Crippen LogP contribution in [0.2, 0.25) is 0 Å². The molecule has 2 saturated carbocycles.